The third-order valence-electron chi connectivity index (χ3n) is 2.03. The third-order valence-corrected chi connectivity index (χ3v) is 5.25. The molecule has 0 radical (unpaired) electrons. The van der Waals surface area contributed by atoms with E-state index in [1.807, 2.05) is 12.1 Å². The minimum absolute atomic E-state index is 1.12. The van der Waals surface area contributed by atoms with Crippen molar-refractivity contribution in [2.45, 2.75) is 13.1 Å². The zero-order chi connectivity index (χ0) is 9.19. The van der Waals surface area contributed by atoms with Crippen molar-refractivity contribution in [3.63, 3.8) is 0 Å². The average Bonchev–Trinajstić information content (AvgIpc) is 2.05. The number of rotatable bonds is 2. The summed E-state index contributed by atoms with van der Waals surface area (Å²) < 4.78 is 6.62. The summed E-state index contributed by atoms with van der Waals surface area (Å²) in [4.78, 5) is 0. The summed E-state index contributed by atoms with van der Waals surface area (Å²) >= 11 is 3.45. The van der Waals surface area contributed by atoms with Crippen molar-refractivity contribution in [1.29, 1.82) is 0 Å². The molecular formula is C9H13BrOSi. The molecule has 0 bridgehead atoms. The third kappa shape index (κ3) is 2.18. The standard InChI is InChI=1S/C9H13BrOSi/c1-11-12(2,3)9-6-4-5-8(10)7-9/h4-7H,1-3H3. The van der Waals surface area contributed by atoms with E-state index in [1.165, 1.54) is 5.19 Å². The lowest BCUT2D eigenvalue weighted by atomic mass is 10.4. The molecular weight excluding hydrogens is 232 g/mol. The molecule has 0 aliphatic rings. The topological polar surface area (TPSA) is 9.23 Å². The quantitative estimate of drug-likeness (QED) is 0.727. The van der Waals surface area contributed by atoms with E-state index in [0.717, 1.165) is 4.47 Å². The van der Waals surface area contributed by atoms with Crippen molar-refractivity contribution in [3.8, 4) is 0 Å². The first-order valence-corrected chi connectivity index (χ1v) is 7.57. The first kappa shape index (κ1) is 9.96. The smallest absolute Gasteiger partial charge is 0.217 e. The molecule has 0 atom stereocenters. The molecule has 0 heterocycles. The van der Waals surface area contributed by atoms with Crippen molar-refractivity contribution in [2.24, 2.45) is 0 Å². The molecule has 0 saturated heterocycles. The van der Waals surface area contributed by atoms with E-state index in [9.17, 15) is 0 Å². The molecule has 1 rings (SSSR count). The molecule has 12 heavy (non-hydrogen) atoms. The van der Waals surface area contributed by atoms with Crippen molar-refractivity contribution in [3.05, 3.63) is 28.7 Å². The maximum Gasteiger partial charge on any atom is 0.217 e. The van der Waals surface area contributed by atoms with Gasteiger partial charge in [-0.25, -0.2) is 0 Å². The zero-order valence-corrected chi connectivity index (χ0v) is 10.2. The fraction of sp³-hybridized carbons (Fsp3) is 0.333. The Morgan fingerprint density at radius 3 is 2.50 bits per heavy atom. The first-order chi connectivity index (χ1) is 5.56. The summed E-state index contributed by atoms with van der Waals surface area (Å²) in [6.07, 6.45) is 0. The maximum atomic E-state index is 5.50. The second-order valence-electron chi connectivity index (χ2n) is 3.22. The Hall–Kier alpha value is -0.123. The SMILES string of the molecule is CO[Si](C)(C)c1cccc(Br)c1. The Kier molecular flexibility index (Phi) is 3.09. The zero-order valence-electron chi connectivity index (χ0n) is 7.60. The van der Waals surface area contributed by atoms with E-state index in [4.69, 9.17) is 4.43 Å². The molecule has 0 N–H and O–H groups in total. The van der Waals surface area contributed by atoms with Gasteiger partial charge in [0.1, 0.15) is 0 Å². The molecule has 0 spiro atoms. The number of halogens is 1. The van der Waals surface area contributed by atoms with Crippen LogP contribution in [-0.2, 0) is 4.43 Å². The van der Waals surface area contributed by atoms with Gasteiger partial charge in [0.25, 0.3) is 0 Å². The van der Waals surface area contributed by atoms with Crippen LogP contribution in [0.4, 0.5) is 0 Å². The molecule has 0 aliphatic heterocycles. The average molecular weight is 245 g/mol. The maximum absolute atomic E-state index is 5.50. The van der Waals surface area contributed by atoms with Crippen molar-refractivity contribution < 1.29 is 4.43 Å². The van der Waals surface area contributed by atoms with Crippen LogP contribution in [0.15, 0.2) is 28.7 Å². The van der Waals surface area contributed by atoms with Gasteiger partial charge in [-0.2, -0.15) is 0 Å². The summed E-state index contributed by atoms with van der Waals surface area (Å²) in [5.41, 5.74) is 0. The van der Waals surface area contributed by atoms with Gasteiger partial charge in [-0.3, -0.25) is 0 Å². The summed E-state index contributed by atoms with van der Waals surface area (Å²) in [6.45, 7) is 4.38. The Morgan fingerprint density at radius 1 is 1.33 bits per heavy atom. The Labute approximate surface area is 83.0 Å². The highest BCUT2D eigenvalue weighted by molar-refractivity contribution is 9.10. The van der Waals surface area contributed by atoms with E-state index in [1.54, 1.807) is 7.11 Å². The molecule has 1 nitrogen and oxygen atoms in total. The minimum atomic E-state index is -1.61. The van der Waals surface area contributed by atoms with E-state index in [-0.39, 0.29) is 0 Å². The fourth-order valence-corrected chi connectivity index (χ4v) is 2.83. The van der Waals surface area contributed by atoms with Crippen LogP contribution in [0.3, 0.4) is 0 Å². The van der Waals surface area contributed by atoms with Crippen LogP contribution < -0.4 is 5.19 Å². The lowest BCUT2D eigenvalue weighted by Gasteiger charge is -2.20. The van der Waals surface area contributed by atoms with Gasteiger partial charge < -0.3 is 4.43 Å². The molecule has 0 amide bonds. The fourth-order valence-electron chi connectivity index (χ4n) is 0.981. The van der Waals surface area contributed by atoms with Gasteiger partial charge in [0, 0.05) is 11.6 Å². The normalized spacial score (nSPS) is 11.7. The van der Waals surface area contributed by atoms with Crippen molar-refractivity contribution in [2.75, 3.05) is 7.11 Å². The molecule has 0 aliphatic carbocycles. The Morgan fingerprint density at radius 2 is 2.00 bits per heavy atom. The highest BCUT2D eigenvalue weighted by Crippen LogP contribution is 2.10. The van der Waals surface area contributed by atoms with Gasteiger partial charge in [0.05, 0.1) is 0 Å². The lowest BCUT2D eigenvalue weighted by Crippen LogP contribution is -2.43. The second kappa shape index (κ2) is 3.73. The number of benzene rings is 1. The van der Waals surface area contributed by atoms with Crippen molar-refractivity contribution >= 4 is 29.4 Å². The molecule has 0 fully saturated rings. The lowest BCUT2D eigenvalue weighted by molar-refractivity contribution is 0.416. The van der Waals surface area contributed by atoms with E-state index >= 15 is 0 Å². The van der Waals surface area contributed by atoms with Crippen molar-refractivity contribution in [1.82, 2.24) is 0 Å². The summed E-state index contributed by atoms with van der Waals surface area (Å²) in [7, 11) is 0.170. The molecule has 0 unspecified atom stereocenters. The molecule has 1 aromatic carbocycles. The summed E-state index contributed by atoms with van der Waals surface area (Å²) in [6, 6.07) is 8.34. The molecule has 3 heteroatoms. The highest BCUT2D eigenvalue weighted by Gasteiger charge is 2.23. The van der Waals surface area contributed by atoms with Gasteiger partial charge >= 0.3 is 0 Å². The van der Waals surface area contributed by atoms with Crippen LogP contribution in [0.25, 0.3) is 0 Å². The van der Waals surface area contributed by atoms with Crippen LogP contribution >= 0.6 is 15.9 Å². The number of hydrogen-bond acceptors (Lipinski definition) is 1. The molecule has 1 aromatic rings. The van der Waals surface area contributed by atoms with Gasteiger partial charge in [0.2, 0.25) is 8.32 Å². The predicted octanol–water partition coefficient (Wildman–Crippen LogP) is 2.51. The molecule has 0 saturated carbocycles. The first-order valence-electron chi connectivity index (χ1n) is 3.87. The summed E-state index contributed by atoms with van der Waals surface area (Å²) in [5.74, 6) is 0. The second-order valence-corrected chi connectivity index (χ2v) is 8.15. The van der Waals surface area contributed by atoms with Gasteiger partial charge in [0.15, 0.2) is 0 Å². The summed E-state index contributed by atoms with van der Waals surface area (Å²) in [5, 5.41) is 1.32. The van der Waals surface area contributed by atoms with E-state index < -0.39 is 8.32 Å². The van der Waals surface area contributed by atoms with Crippen LogP contribution in [0.2, 0.25) is 13.1 Å². The predicted molar refractivity (Wildman–Crippen MR) is 58.3 cm³/mol. The van der Waals surface area contributed by atoms with Gasteiger partial charge in [-0.05, 0) is 30.4 Å². The minimum Gasteiger partial charge on any atom is -0.416 e. The highest BCUT2D eigenvalue weighted by atomic mass is 79.9. The Bertz CT molecular complexity index is 273. The van der Waals surface area contributed by atoms with Gasteiger partial charge in [-0.15, -0.1) is 0 Å². The van der Waals surface area contributed by atoms with Crippen LogP contribution in [0, 0.1) is 0 Å². The van der Waals surface area contributed by atoms with E-state index in [0.29, 0.717) is 0 Å². The molecule has 66 valence electrons. The number of hydrogen-bond donors (Lipinski definition) is 0. The van der Waals surface area contributed by atoms with E-state index in [2.05, 4.69) is 41.2 Å². The monoisotopic (exact) mass is 244 g/mol. The van der Waals surface area contributed by atoms with Gasteiger partial charge in [-0.1, -0.05) is 28.1 Å². The largest absolute Gasteiger partial charge is 0.416 e. The van der Waals surface area contributed by atoms with Crippen LogP contribution in [0.5, 0.6) is 0 Å². The molecule has 0 aromatic heterocycles. The Balaban J connectivity index is 3.03. The van der Waals surface area contributed by atoms with Crippen LogP contribution in [-0.4, -0.2) is 15.4 Å². The van der Waals surface area contributed by atoms with Crippen LogP contribution in [0.1, 0.15) is 0 Å².